The van der Waals surface area contributed by atoms with Crippen molar-refractivity contribution in [2.24, 2.45) is 0 Å². The number of nitrogens with zero attached hydrogens (tertiary/aromatic N) is 3. The minimum Gasteiger partial charge on any atom is -0.507 e. The van der Waals surface area contributed by atoms with Gasteiger partial charge in [0.05, 0.1) is 11.6 Å². The van der Waals surface area contributed by atoms with Gasteiger partial charge in [0.25, 0.3) is 5.78 Å². The summed E-state index contributed by atoms with van der Waals surface area (Å²) in [6, 6.07) is 23.2. The fourth-order valence-electron chi connectivity index (χ4n) is 4.20. The Labute approximate surface area is 212 Å². The third kappa shape index (κ3) is 4.50. The van der Waals surface area contributed by atoms with Crippen LogP contribution in [0.3, 0.4) is 0 Å². The Kier molecular flexibility index (Phi) is 6.35. The number of carbonyl (C=O) groups is 2. The number of hydrogen-bond donors (Lipinski definition) is 1. The van der Waals surface area contributed by atoms with Crippen molar-refractivity contribution in [3.63, 3.8) is 0 Å². The van der Waals surface area contributed by atoms with E-state index in [4.69, 9.17) is 4.74 Å². The first-order valence-electron chi connectivity index (χ1n) is 11.4. The number of anilines is 1. The minimum atomic E-state index is -0.823. The molecule has 1 saturated heterocycles. The van der Waals surface area contributed by atoms with Crippen molar-refractivity contribution in [1.29, 1.82) is 0 Å². The van der Waals surface area contributed by atoms with E-state index in [0.717, 1.165) is 11.1 Å². The van der Waals surface area contributed by atoms with Crippen LogP contribution in [0.2, 0.25) is 0 Å². The van der Waals surface area contributed by atoms with Crippen LogP contribution in [-0.4, -0.2) is 27.0 Å². The molecular weight excluding hydrogens is 474 g/mol. The lowest BCUT2D eigenvalue weighted by atomic mass is 9.95. The Balaban J connectivity index is 1.48. The molecule has 0 aliphatic carbocycles. The number of aliphatic hydroxyl groups excluding tert-OH is 1. The standard InChI is InChI=1S/C28H23N3O4S/c1-17-7-6-8-19(15-17)16-35-22-13-11-21(12-14-22)25(32)23-24(20-9-4-3-5-10-20)31(27(34)26(23)33)28-30-29-18(2)36-28/h3-15,24,32H,16H2,1-2H3/b25-23+/t24-/m0/s1. The lowest BCUT2D eigenvalue weighted by Gasteiger charge is -2.22. The Morgan fingerprint density at radius 3 is 2.39 bits per heavy atom. The van der Waals surface area contributed by atoms with E-state index < -0.39 is 17.7 Å². The number of hydrogen-bond acceptors (Lipinski definition) is 7. The first kappa shape index (κ1) is 23.4. The topological polar surface area (TPSA) is 92.6 Å². The zero-order valence-electron chi connectivity index (χ0n) is 19.7. The predicted molar refractivity (Wildman–Crippen MR) is 138 cm³/mol. The molecule has 0 spiro atoms. The number of aromatic nitrogens is 2. The monoisotopic (exact) mass is 497 g/mol. The molecule has 0 bridgehead atoms. The van der Waals surface area contributed by atoms with Gasteiger partial charge in [-0.05, 0) is 49.2 Å². The molecule has 1 fully saturated rings. The number of ketones is 1. The molecule has 180 valence electrons. The highest BCUT2D eigenvalue weighted by Crippen LogP contribution is 2.42. The molecule has 0 radical (unpaired) electrons. The van der Waals surface area contributed by atoms with Gasteiger partial charge < -0.3 is 9.84 Å². The molecule has 4 aromatic rings. The van der Waals surface area contributed by atoms with Crippen LogP contribution in [0.1, 0.15) is 33.3 Å². The molecule has 1 aromatic heterocycles. The minimum absolute atomic E-state index is 0.00693. The molecule has 5 rings (SSSR count). The molecule has 1 amide bonds. The van der Waals surface area contributed by atoms with E-state index in [1.54, 1.807) is 31.2 Å². The van der Waals surface area contributed by atoms with E-state index in [-0.39, 0.29) is 11.3 Å². The van der Waals surface area contributed by atoms with Gasteiger partial charge in [0.1, 0.15) is 23.1 Å². The van der Waals surface area contributed by atoms with Crippen LogP contribution in [0, 0.1) is 13.8 Å². The summed E-state index contributed by atoms with van der Waals surface area (Å²) >= 11 is 1.22. The molecule has 1 atom stereocenters. The van der Waals surface area contributed by atoms with Gasteiger partial charge in [-0.3, -0.25) is 14.5 Å². The van der Waals surface area contributed by atoms with Crippen LogP contribution in [-0.2, 0) is 16.2 Å². The summed E-state index contributed by atoms with van der Waals surface area (Å²) in [6.45, 7) is 4.21. The van der Waals surface area contributed by atoms with Crippen LogP contribution < -0.4 is 9.64 Å². The van der Waals surface area contributed by atoms with Gasteiger partial charge in [-0.25, -0.2) is 0 Å². The molecule has 1 aliphatic rings. The number of carbonyl (C=O) groups excluding carboxylic acids is 2. The molecule has 36 heavy (non-hydrogen) atoms. The van der Waals surface area contributed by atoms with E-state index in [1.807, 2.05) is 55.5 Å². The molecular formula is C28H23N3O4S. The Hall–Kier alpha value is -4.30. The largest absolute Gasteiger partial charge is 0.507 e. The second kappa shape index (κ2) is 9.75. The van der Waals surface area contributed by atoms with E-state index >= 15 is 0 Å². The average molecular weight is 498 g/mol. The maximum atomic E-state index is 13.2. The highest BCUT2D eigenvalue weighted by atomic mass is 32.1. The van der Waals surface area contributed by atoms with E-state index in [0.29, 0.717) is 33.6 Å². The van der Waals surface area contributed by atoms with Crippen molar-refractivity contribution in [1.82, 2.24) is 10.2 Å². The van der Waals surface area contributed by atoms with Crippen molar-refractivity contribution < 1.29 is 19.4 Å². The number of ether oxygens (including phenoxy) is 1. The highest BCUT2D eigenvalue weighted by Gasteiger charge is 2.48. The van der Waals surface area contributed by atoms with Crippen LogP contribution >= 0.6 is 11.3 Å². The Morgan fingerprint density at radius 2 is 1.72 bits per heavy atom. The number of Topliss-reactive ketones (excluding diaryl/α,β-unsaturated/α-hetero) is 1. The summed E-state index contributed by atoms with van der Waals surface area (Å²) < 4.78 is 5.87. The van der Waals surface area contributed by atoms with Crippen LogP contribution in [0.4, 0.5) is 5.13 Å². The Bertz CT molecular complexity index is 1460. The Morgan fingerprint density at radius 1 is 0.972 bits per heavy atom. The summed E-state index contributed by atoms with van der Waals surface area (Å²) in [5.41, 5.74) is 3.31. The molecule has 7 nitrogen and oxygen atoms in total. The zero-order valence-corrected chi connectivity index (χ0v) is 20.5. The highest BCUT2D eigenvalue weighted by molar-refractivity contribution is 7.15. The molecule has 3 aromatic carbocycles. The maximum Gasteiger partial charge on any atom is 0.301 e. The number of rotatable bonds is 6. The average Bonchev–Trinajstić information content (AvgIpc) is 3.43. The quantitative estimate of drug-likeness (QED) is 0.219. The smallest absolute Gasteiger partial charge is 0.301 e. The number of benzene rings is 3. The molecule has 8 heteroatoms. The van der Waals surface area contributed by atoms with Crippen molar-refractivity contribution in [2.45, 2.75) is 26.5 Å². The second-order valence-corrected chi connectivity index (χ2v) is 9.65. The van der Waals surface area contributed by atoms with Gasteiger partial charge in [-0.2, -0.15) is 0 Å². The first-order chi connectivity index (χ1) is 17.4. The van der Waals surface area contributed by atoms with E-state index in [1.165, 1.54) is 16.2 Å². The molecule has 0 saturated carbocycles. The fourth-order valence-corrected chi connectivity index (χ4v) is 4.91. The number of amides is 1. The first-order valence-corrected chi connectivity index (χ1v) is 12.2. The van der Waals surface area contributed by atoms with E-state index in [9.17, 15) is 14.7 Å². The lowest BCUT2D eigenvalue weighted by Crippen LogP contribution is -2.29. The zero-order chi connectivity index (χ0) is 25.2. The van der Waals surface area contributed by atoms with Gasteiger partial charge in [0, 0.05) is 5.56 Å². The van der Waals surface area contributed by atoms with Gasteiger partial charge in [-0.1, -0.05) is 71.5 Å². The fraction of sp³-hybridized carbons (Fsp3) is 0.143. The summed E-state index contributed by atoms with van der Waals surface area (Å²) in [5, 5.41) is 20.3. The number of aryl methyl sites for hydroxylation is 2. The normalized spacial score (nSPS) is 16.9. The summed E-state index contributed by atoms with van der Waals surface area (Å²) in [7, 11) is 0. The second-order valence-electron chi connectivity index (χ2n) is 8.49. The van der Waals surface area contributed by atoms with Gasteiger partial charge in [0.2, 0.25) is 5.13 Å². The van der Waals surface area contributed by atoms with Crippen molar-refractivity contribution >= 4 is 33.9 Å². The molecule has 1 N–H and O–H groups in total. The number of aliphatic hydroxyl groups is 1. The van der Waals surface area contributed by atoms with Crippen molar-refractivity contribution in [2.75, 3.05) is 4.90 Å². The van der Waals surface area contributed by atoms with Crippen LogP contribution in [0.15, 0.2) is 84.4 Å². The summed E-state index contributed by atoms with van der Waals surface area (Å²) in [5.74, 6) is -1.15. The third-order valence-corrected chi connectivity index (χ3v) is 6.73. The van der Waals surface area contributed by atoms with Crippen molar-refractivity contribution in [3.8, 4) is 5.75 Å². The predicted octanol–water partition coefficient (Wildman–Crippen LogP) is 5.36. The summed E-state index contributed by atoms with van der Waals surface area (Å²) in [4.78, 5) is 27.6. The lowest BCUT2D eigenvalue weighted by molar-refractivity contribution is -0.132. The third-order valence-electron chi connectivity index (χ3n) is 5.90. The van der Waals surface area contributed by atoms with Crippen LogP contribution in [0.5, 0.6) is 5.75 Å². The van der Waals surface area contributed by atoms with Gasteiger partial charge >= 0.3 is 5.91 Å². The molecule has 0 unspecified atom stereocenters. The SMILES string of the molecule is Cc1cccc(COc2ccc(/C(O)=C3\C(=O)C(=O)N(c4nnc(C)s4)[C@H]3c3ccccc3)cc2)c1. The van der Waals surface area contributed by atoms with Crippen LogP contribution in [0.25, 0.3) is 5.76 Å². The molecule has 2 heterocycles. The van der Waals surface area contributed by atoms with E-state index in [2.05, 4.69) is 16.3 Å². The van der Waals surface area contributed by atoms with Gasteiger partial charge in [0.15, 0.2) is 0 Å². The van der Waals surface area contributed by atoms with Gasteiger partial charge in [-0.15, -0.1) is 10.2 Å². The summed E-state index contributed by atoms with van der Waals surface area (Å²) in [6.07, 6.45) is 0. The molecule has 1 aliphatic heterocycles. The maximum absolute atomic E-state index is 13.2. The van der Waals surface area contributed by atoms with Crippen molar-refractivity contribution in [3.05, 3.63) is 112 Å².